The number of ether oxygens (including phenoxy) is 2. The Kier molecular flexibility index (Phi) is 15.3. The van der Waals surface area contributed by atoms with Crippen molar-refractivity contribution in [1.82, 2.24) is 0 Å². The van der Waals surface area contributed by atoms with Crippen molar-refractivity contribution >= 4 is 54.7 Å². The van der Waals surface area contributed by atoms with E-state index in [1.54, 1.807) is 24.3 Å². The lowest BCUT2D eigenvalue weighted by Gasteiger charge is -2.28. The van der Waals surface area contributed by atoms with Crippen molar-refractivity contribution in [1.29, 1.82) is 10.8 Å². The van der Waals surface area contributed by atoms with Crippen LogP contribution in [0, 0.1) is 22.6 Å². The molecule has 0 aromatic heterocycles. The smallest absolute Gasteiger partial charge is 0.385 e. The molecular formula is C42H44N6O6S. The molecule has 0 saturated carbocycles. The summed E-state index contributed by atoms with van der Waals surface area (Å²) >= 11 is 0. The van der Waals surface area contributed by atoms with Gasteiger partial charge in [-0.2, -0.15) is 0 Å². The van der Waals surface area contributed by atoms with E-state index in [4.69, 9.17) is 37.8 Å². The molecule has 12 nitrogen and oxygen atoms in total. The average molecular weight is 761 g/mol. The van der Waals surface area contributed by atoms with Crippen LogP contribution < -0.4 is 19.3 Å². The van der Waals surface area contributed by atoms with Crippen molar-refractivity contribution in [3.63, 3.8) is 0 Å². The molecule has 0 radical (unpaired) electrons. The van der Waals surface area contributed by atoms with E-state index in [9.17, 15) is 0 Å². The van der Waals surface area contributed by atoms with Gasteiger partial charge in [0.2, 0.25) is 10.8 Å². The summed E-state index contributed by atoms with van der Waals surface area (Å²) in [5.74, 6) is 2.53. The predicted molar refractivity (Wildman–Crippen MR) is 216 cm³/mol. The number of benzene rings is 6. The lowest BCUT2D eigenvalue weighted by atomic mass is 10.1. The molecule has 284 valence electrons. The van der Waals surface area contributed by atoms with Gasteiger partial charge in [0.15, 0.2) is 23.4 Å². The molecule has 0 atom stereocenters. The predicted octanol–water partition coefficient (Wildman–Crippen LogP) is 10.3. The van der Waals surface area contributed by atoms with Crippen molar-refractivity contribution in [2.45, 2.75) is 27.7 Å². The first-order valence-electron chi connectivity index (χ1n) is 17.6. The van der Waals surface area contributed by atoms with E-state index < -0.39 is 10.4 Å². The molecule has 0 heterocycles. The number of diazo groups is 2. The van der Waals surface area contributed by atoms with E-state index in [0.717, 1.165) is 24.6 Å². The Morgan fingerprint density at radius 2 is 0.873 bits per heavy atom. The summed E-state index contributed by atoms with van der Waals surface area (Å²) < 4.78 is 46.0. The van der Waals surface area contributed by atoms with Crippen LogP contribution in [-0.2, 0) is 10.4 Å². The van der Waals surface area contributed by atoms with Gasteiger partial charge in [-0.1, -0.05) is 100 Å². The molecule has 13 heteroatoms. The fraction of sp³-hybridized carbons (Fsp3) is 0.238. The van der Waals surface area contributed by atoms with E-state index in [2.05, 4.69) is 132 Å². The van der Waals surface area contributed by atoms with E-state index in [-0.39, 0.29) is 0 Å². The van der Waals surface area contributed by atoms with Gasteiger partial charge < -0.3 is 28.4 Å². The largest absolute Gasteiger partial charge is 0.759 e. The van der Waals surface area contributed by atoms with Gasteiger partial charge in [0, 0.05) is 69.9 Å². The van der Waals surface area contributed by atoms with Gasteiger partial charge in [0.1, 0.15) is 11.5 Å². The minimum Gasteiger partial charge on any atom is -0.759 e. The molecule has 0 N–H and O–H groups in total. The average Bonchev–Trinajstić information content (AvgIpc) is 3.17. The number of hydrogen-bond donors (Lipinski definition) is 0. The minimum absolute atomic E-state index is 0.460. The fourth-order valence-corrected chi connectivity index (χ4v) is 5.81. The Bertz CT molecular complexity index is 2150. The Labute approximate surface area is 322 Å². The molecule has 55 heavy (non-hydrogen) atoms. The Hall–Kier alpha value is -6.25. The van der Waals surface area contributed by atoms with Gasteiger partial charge in [-0.05, 0) is 59.0 Å². The van der Waals surface area contributed by atoms with Crippen molar-refractivity contribution in [3.05, 3.63) is 143 Å². The molecule has 0 amide bonds. The van der Waals surface area contributed by atoms with Crippen LogP contribution in [0.5, 0.6) is 11.5 Å². The highest BCUT2D eigenvalue weighted by atomic mass is 32.3. The minimum atomic E-state index is -5.17. The SMILES string of the molecule is CC(C)CN(COc1ccc([N+]#N)cc1)c1cccc2ccccc12.CC(C)CN(COc1ccc([N+]#N)cc1)c1cccc2ccccc12.O=S(=O)([O-])[O-]. The van der Waals surface area contributed by atoms with Gasteiger partial charge in [-0.15, -0.1) is 0 Å². The molecule has 0 unspecified atom stereocenters. The first-order chi connectivity index (χ1) is 26.3. The van der Waals surface area contributed by atoms with Gasteiger partial charge in [0.05, 0.1) is 0 Å². The Morgan fingerprint density at radius 1 is 0.545 bits per heavy atom. The lowest BCUT2D eigenvalue weighted by molar-refractivity contribution is 0.307. The molecule has 0 aliphatic heterocycles. The van der Waals surface area contributed by atoms with Crippen molar-refractivity contribution in [2.75, 3.05) is 36.4 Å². The van der Waals surface area contributed by atoms with E-state index in [0.29, 0.717) is 36.7 Å². The standard InChI is InChI=1S/2C21H22N3O.H2O4S/c2*1-16(2)14-24(15-25-19-12-10-18(23-22)11-13-19)21-9-5-7-17-6-3-4-8-20(17)21;1-5(2,3)4/h2*3-13,16H,14-15H2,1-2H3;(H2,1,2,3,4)/q2*+1;/p-2. The summed E-state index contributed by atoms with van der Waals surface area (Å²) in [6.07, 6.45) is 0. The van der Waals surface area contributed by atoms with Crippen molar-refractivity contribution in [2.24, 2.45) is 11.8 Å². The summed E-state index contributed by atoms with van der Waals surface area (Å²) in [6, 6.07) is 43.7. The highest BCUT2D eigenvalue weighted by Gasteiger charge is 2.15. The van der Waals surface area contributed by atoms with Crippen LogP contribution in [0.15, 0.2) is 133 Å². The third kappa shape index (κ3) is 13.6. The van der Waals surface area contributed by atoms with Gasteiger partial charge in [0.25, 0.3) is 0 Å². The zero-order chi connectivity index (χ0) is 39.8. The highest BCUT2D eigenvalue weighted by Crippen LogP contribution is 2.29. The molecule has 0 aliphatic rings. The first kappa shape index (κ1) is 41.5. The Morgan fingerprint density at radius 3 is 1.20 bits per heavy atom. The quantitative estimate of drug-likeness (QED) is 0.0508. The first-order valence-corrected chi connectivity index (χ1v) is 19.0. The monoisotopic (exact) mass is 760 g/mol. The molecule has 6 rings (SSSR count). The van der Waals surface area contributed by atoms with Gasteiger partial charge >= 0.3 is 11.4 Å². The second-order valence-corrected chi connectivity index (χ2v) is 14.2. The van der Waals surface area contributed by atoms with E-state index in [1.165, 1.54) is 32.9 Å². The number of anilines is 2. The number of nitrogens with zero attached hydrogens (tertiary/aromatic N) is 6. The molecule has 6 aromatic carbocycles. The zero-order valence-electron chi connectivity index (χ0n) is 31.2. The number of hydrogen-bond acceptors (Lipinski definition) is 10. The van der Waals surface area contributed by atoms with Crippen LogP contribution in [0.3, 0.4) is 0 Å². The molecule has 0 aliphatic carbocycles. The van der Waals surface area contributed by atoms with Gasteiger partial charge in [-0.3, -0.25) is 8.42 Å². The third-order valence-corrected chi connectivity index (χ3v) is 8.06. The van der Waals surface area contributed by atoms with E-state index >= 15 is 0 Å². The van der Waals surface area contributed by atoms with Crippen LogP contribution in [-0.4, -0.2) is 44.1 Å². The normalized spacial score (nSPS) is 10.7. The molecule has 0 fully saturated rings. The number of fused-ring (bicyclic) bond motifs is 2. The third-order valence-electron chi connectivity index (χ3n) is 8.06. The van der Waals surface area contributed by atoms with Crippen molar-refractivity contribution < 1.29 is 27.0 Å². The molecular weight excluding hydrogens is 717 g/mol. The molecule has 6 aromatic rings. The summed E-state index contributed by atoms with van der Waals surface area (Å²) in [4.78, 5) is 10.8. The van der Waals surface area contributed by atoms with E-state index in [1.807, 2.05) is 24.3 Å². The molecule has 0 spiro atoms. The summed E-state index contributed by atoms with van der Waals surface area (Å²) in [5.41, 5.74) is 3.38. The summed E-state index contributed by atoms with van der Waals surface area (Å²) in [7, 11) is -5.17. The maximum Gasteiger partial charge on any atom is 0.385 e. The van der Waals surface area contributed by atoms with Crippen LogP contribution >= 0.6 is 0 Å². The molecule has 0 saturated heterocycles. The number of rotatable bonds is 12. The van der Waals surface area contributed by atoms with Crippen molar-refractivity contribution in [3.8, 4) is 11.5 Å². The van der Waals surface area contributed by atoms with Gasteiger partial charge in [-0.25, -0.2) is 0 Å². The maximum absolute atomic E-state index is 8.77. The summed E-state index contributed by atoms with van der Waals surface area (Å²) in [5, 5.41) is 22.4. The topological polar surface area (TPSA) is 162 Å². The second kappa shape index (κ2) is 20.3. The van der Waals surface area contributed by atoms with Crippen LogP contribution in [0.25, 0.3) is 31.5 Å². The maximum atomic E-state index is 8.77. The fourth-order valence-electron chi connectivity index (χ4n) is 5.81. The van der Waals surface area contributed by atoms with Crippen LogP contribution in [0.1, 0.15) is 27.7 Å². The van der Waals surface area contributed by atoms with Crippen LogP contribution in [0.4, 0.5) is 22.7 Å². The zero-order valence-corrected chi connectivity index (χ0v) is 32.0. The summed E-state index contributed by atoms with van der Waals surface area (Å²) in [6.45, 7) is 11.5. The lowest BCUT2D eigenvalue weighted by Crippen LogP contribution is -2.31. The molecule has 0 bridgehead atoms. The highest BCUT2D eigenvalue weighted by molar-refractivity contribution is 7.79. The van der Waals surface area contributed by atoms with Crippen LogP contribution in [0.2, 0.25) is 0 Å². The Balaban J connectivity index is 0.000000218. The second-order valence-electron chi connectivity index (χ2n) is 13.4.